The molecule has 1 aromatic carbocycles. The zero-order valence-electron chi connectivity index (χ0n) is 14.4. The van der Waals surface area contributed by atoms with Crippen LogP contribution in [0.2, 0.25) is 0 Å². The molecule has 2 heterocycles. The molecule has 8 heteroatoms. The number of carbonyl (C=O) groups is 1. The van der Waals surface area contributed by atoms with Crippen LogP contribution in [-0.4, -0.2) is 43.3 Å². The van der Waals surface area contributed by atoms with Gasteiger partial charge in [-0.2, -0.15) is 0 Å². The van der Waals surface area contributed by atoms with Gasteiger partial charge in [-0.1, -0.05) is 13.8 Å². The third-order valence-electron chi connectivity index (χ3n) is 4.04. The van der Waals surface area contributed by atoms with Crippen molar-refractivity contribution in [3.8, 4) is 17.0 Å². The molecule has 0 bridgehead atoms. The molecule has 1 N–H and O–H groups in total. The summed E-state index contributed by atoms with van der Waals surface area (Å²) in [5, 5.41) is 2.82. The Morgan fingerprint density at radius 3 is 2.60 bits per heavy atom. The van der Waals surface area contributed by atoms with Gasteiger partial charge in [-0.05, 0) is 30.2 Å². The van der Waals surface area contributed by atoms with Gasteiger partial charge in [-0.25, -0.2) is 13.4 Å². The molecule has 0 aliphatic carbocycles. The van der Waals surface area contributed by atoms with Crippen molar-refractivity contribution in [2.24, 2.45) is 5.92 Å². The van der Waals surface area contributed by atoms with Crippen molar-refractivity contribution in [1.82, 2.24) is 14.9 Å². The largest absolute Gasteiger partial charge is 0.497 e. The molecule has 0 saturated carbocycles. The number of imidazole rings is 1. The van der Waals surface area contributed by atoms with Crippen LogP contribution < -0.4 is 10.1 Å². The van der Waals surface area contributed by atoms with E-state index in [0.29, 0.717) is 29.2 Å². The highest BCUT2D eigenvalue weighted by molar-refractivity contribution is 7.91. The maximum Gasteiger partial charge on any atom is 0.270 e. The summed E-state index contributed by atoms with van der Waals surface area (Å²) in [5.74, 6) is 0.630. The van der Waals surface area contributed by atoms with E-state index in [-0.39, 0.29) is 29.3 Å². The van der Waals surface area contributed by atoms with Crippen molar-refractivity contribution >= 4 is 15.7 Å². The Bertz CT molecular complexity index is 899. The smallest absolute Gasteiger partial charge is 0.270 e. The number of hydrogen-bond acceptors (Lipinski definition) is 5. The average molecular weight is 363 g/mol. The van der Waals surface area contributed by atoms with E-state index in [2.05, 4.69) is 10.3 Å². The van der Waals surface area contributed by atoms with Gasteiger partial charge in [0.05, 0.1) is 12.9 Å². The van der Waals surface area contributed by atoms with Gasteiger partial charge < -0.3 is 14.6 Å². The lowest BCUT2D eigenvalue weighted by Gasteiger charge is -2.10. The lowest BCUT2D eigenvalue weighted by molar-refractivity contribution is 0.0940. The Labute approximate surface area is 146 Å². The molecule has 1 aromatic heterocycles. The monoisotopic (exact) mass is 363 g/mol. The van der Waals surface area contributed by atoms with Crippen LogP contribution in [0.4, 0.5) is 0 Å². The van der Waals surface area contributed by atoms with Gasteiger partial charge in [-0.15, -0.1) is 0 Å². The third kappa shape index (κ3) is 3.26. The molecule has 0 radical (unpaired) electrons. The van der Waals surface area contributed by atoms with Crippen molar-refractivity contribution in [2.75, 3.05) is 19.4 Å². The molecule has 1 amide bonds. The van der Waals surface area contributed by atoms with Crippen LogP contribution in [0.3, 0.4) is 0 Å². The molecular formula is C17H21N3O4S. The molecule has 0 saturated heterocycles. The van der Waals surface area contributed by atoms with Crippen molar-refractivity contribution in [1.29, 1.82) is 0 Å². The first kappa shape index (κ1) is 17.5. The molecule has 134 valence electrons. The highest BCUT2D eigenvalue weighted by Crippen LogP contribution is 2.31. The van der Waals surface area contributed by atoms with Crippen LogP contribution in [0, 0.1) is 5.92 Å². The number of benzene rings is 1. The van der Waals surface area contributed by atoms with Gasteiger partial charge in [0, 0.05) is 18.7 Å². The van der Waals surface area contributed by atoms with E-state index in [0.717, 1.165) is 0 Å². The van der Waals surface area contributed by atoms with Crippen LogP contribution in [0.25, 0.3) is 11.3 Å². The lowest BCUT2D eigenvalue weighted by atomic mass is 10.1. The normalized spacial score (nSPS) is 15.2. The van der Waals surface area contributed by atoms with Crippen molar-refractivity contribution < 1.29 is 17.9 Å². The fourth-order valence-electron chi connectivity index (χ4n) is 2.74. The number of carbonyl (C=O) groups excluding carboxylic acids is 1. The van der Waals surface area contributed by atoms with Crippen molar-refractivity contribution in [2.45, 2.75) is 25.5 Å². The number of amides is 1. The van der Waals surface area contributed by atoms with Crippen molar-refractivity contribution in [3.05, 3.63) is 30.0 Å². The van der Waals surface area contributed by atoms with Crippen molar-refractivity contribution in [3.63, 3.8) is 0 Å². The molecule has 0 atom stereocenters. The third-order valence-corrected chi connectivity index (χ3v) is 5.63. The number of aromatic nitrogens is 2. The standard InChI is InChI=1S/C17H21N3O4S/c1-11(2)10-18-16(21)15-14(12-4-6-13(24-3)7-5-12)19-17-20(15)8-9-25(17,22)23/h4-7,11H,8-10H2,1-3H3,(H,18,21). The highest BCUT2D eigenvalue weighted by Gasteiger charge is 2.35. The second-order valence-electron chi connectivity index (χ2n) is 6.39. The van der Waals surface area contributed by atoms with Crippen LogP contribution in [0.5, 0.6) is 5.75 Å². The number of hydrogen-bond donors (Lipinski definition) is 1. The van der Waals surface area contributed by atoms with Gasteiger partial charge in [-0.3, -0.25) is 4.79 Å². The van der Waals surface area contributed by atoms with Crippen LogP contribution in [0.1, 0.15) is 24.3 Å². The number of rotatable bonds is 5. The summed E-state index contributed by atoms with van der Waals surface area (Å²) in [7, 11) is -1.88. The van der Waals surface area contributed by atoms with E-state index in [9.17, 15) is 13.2 Å². The average Bonchev–Trinajstić information content (AvgIpc) is 3.10. The molecule has 1 aliphatic heterocycles. The van der Waals surface area contributed by atoms with Crippen LogP contribution in [-0.2, 0) is 16.4 Å². The second-order valence-corrected chi connectivity index (χ2v) is 8.40. The number of nitrogens with one attached hydrogen (secondary N) is 1. The first-order valence-electron chi connectivity index (χ1n) is 8.09. The van der Waals surface area contributed by atoms with E-state index in [1.165, 1.54) is 4.57 Å². The van der Waals surface area contributed by atoms with Gasteiger partial charge in [0.2, 0.25) is 15.0 Å². The number of sulfone groups is 1. The summed E-state index contributed by atoms with van der Waals surface area (Å²) < 4.78 is 31.1. The van der Waals surface area contributed by atoms with Gasteiger partial charge in [0.1, 0.15) is 17.1 Å². The van der Waals surface area contributed by atoms with E-state index in [4.69, 9.17) is 4.74 Å². The molecule has 0 fully saturated rings. The molecule has 1 aliphatic rings. The molecular weight excluding hydrogens is 342 g/mol. The minimum atomic E-state index is -3.45. The summed E-state index contributed by atoms with van der Waals surface area (Å²) in [5.41, 5.74) is 1.34. The Morgan fingerprint density at radius 1 is 1.32 bits per heavy atom. The number of ether oxygens (including phenoxy) is 1. The Balaban J connectivity index is 2.09. The molecule has 2 aromatic rings. The Morgan fingerprint density at radius 2 is 2.00 bits per heavy atom. The Hall–Kier alpha value is -2.35. The van der Waals surface area contributed by atoms with Gasteiger partial charge >= 0.3 is 0 Å². The first-order valence-corrected chi connectivity index (χ1v) is 9.74. The molecule has 0 unspecified atom stereocenters. The second kappa shape index (κ2) is 6.51. The maximum absolute atomic E-state index is 12.7. The summed E-state index contributed by atoms with van der Waals surface area (Å²) in [4.78, 5) is 17.0. The van der Waals surface area contributed by atoms with E-state index in [1.54, 1.807) is 31.4 Å². The first-order chi connectivity index (χ1) is 11.8. The van der Waals surface area contributed by atoms with Gasteiger partial charge in [0.15, 0.2) is 0 Å². The van der Waals surface area contributed by atoms with Crippen LogP contribution >= 0.6 is 0 Å². The van der Waals surface area contributed by atoms with Gasteiger partial charge in [0.25, 0.3) is 5.91 Å². The van der Waals surface area contributed by atoms with E-state index in [1.807, 2.05) is 13.8 Å². The highest BCUT2D eigenvalue weighted by atomic mass is 32.2. The number of fused-ring (bicyclic) bond motifs is 1. The maximum atomic E-state index is 12.7. The topological polar surface area (TPSA) is 90.3 Å². The fraction of sp³-hybridized carbons (Fsp3) is 0.412. The summed E-state index contributed by atoms with van der Waals surface area (Å²) in [6.07, 6.45) is 0. The SMILES string of the molecule is COc1ccc(-c2nc3n(c2C(=O)NCC(C)C)CCS3(=O)=O)cc1. The quantitative estimate of drug-likeness (QED) is 0.874. The zero-order chi connectivity index (χ0) is 18.2. The summed E-state index contributed by atoms with van der Waals surface area (Å²) in [6, 6.07) is 7.04. The number of methoxy groups -OCH3 is 1. The predicted molar refractivity (Wildman–Crippen MR) is 93.4 cm³/mol. The lowest BCUT2D eigenvalue weighted by Crippen LogP contribution is -2.29. The minimum absolute atomic E-state index is 0.0251. The summed E-state index contributed by atoms with van der Waals surface area (Å²) >= 11 is 0. The summed E-state index contributed by atoms with van der Waals surface area (Å²) in [6.45, 7) is 4.74. The minimum Gasteiger partial charge on any atom is -0.497 e. The molecule has 3 rings (SSSR count). The predicted octanol–water partition coefficient (Wildman–Crippen LogP) is 1.73. The zero-order valence-corrected chi connectivity index (χ0v) is 15.3. The molecule has 7 nitrogen and oxygen atoms in total. The van der Waals surface area contributed by atoms with E-state index >= 15 is 0 Å². The molecule has 25 heavy (non-hydrogen) atoms. The fourth-order valence-corrected chi connectivity index (χ4v) is 4.10. The Kier molecular flexibility index (Phi) is 4.55. The van der Waals surface area contributed by atoms with Crippen LogP contribution in [0.15, 0.2) is 29.4 Å². The number of nitrogens with zero attached hydrogens (tertiary/aromatic N) is 2. The van der Waals surface area contributed by atoms with E-state index < -0.39 is 9.84 Å². The molecule has 0 spiro atoms.